The molecule has 0 aromatic heterocycles. The van der Waals surface area contributed by atoms with Crippen LogP contribution >= 0.6 is 0 Å². The minimum Gasteiger partial charge on any atom is -0.484 e. The van der Waals surface area contributed by atoms with Crippen LogP contribution in [0.2, 0.25) is 0 Å². The number of nitriles is 1. The number of nitrogens with two attached hydrogens (primary N) is 1. The molecule has 22 heavy (non-hydrogen) atoms. The van der Waals surface area contributed by atoms with Crippen LogP contribution < -0.4 is 15.8 Å². The Kier molecular flexibility index (Phi) is 4.94. The zero-order valence-electron chi connectivity index (χ0n) is 11.7. The van der Waals surface area contributed by atoms with Gasteiger partial charge in [-0.25, -0.2) is 4.39 Å². The van der Waals surface area contributed by atoms with E-state index >= 15 is 0 Å². The van der Waals surface area contributed by atoms with Gasteiger partial charge in [0, 0.05) is 0 Å². The van der Waals surface area contributed by atoms with Crippen molar-refractivity contribution in [2.45, 2.75) is 6.42 Å². The van der Waals surface area contributed by atoms with Crippen LogP contribution in [0.25, 0.3) is 0 Å². The van der Waals surface area contributed by atoms with Gasteiger partial charge in [-0.05, 0) is 35.9 Å². The number of benzene rings is 2. The Morgan fingerprint density at radius 1 is 1.27 bits per heavy atom. The zero-order valence-corrected chi connectivity index (χ0v) is 11.7. The summed E-state index contributed by atoms with van der Waals surface area (Å²) in [6, 6.07) is 12.7. The molecular weight excluding hydrogens is 285 g/mol. The van der Waals surface area contributed by atoms with E-state index in [1.807, 2.05) is 6.07 Å². The lowest BCUT2D eigenvalue weighted by atomic mass is 10.2. The van der Waals surface area contributed by atoms with Crippen LogP contribution in [0.4, 0.5) is 15.8 Å². The van der Waals surface area contributed by atoms with Crippen molar-refractivity contribution in [2.75, 3.05) is 17.7 Å². The molecule has 0 aliphatic carbocycles. The molecule has 2 rings (SSSR count). The van der Waals surface area contributed by atoms with Crippen LogP contribution in [0.5, 0.6) is 5.75 Å². The van der Waals surface area contributed by atoms with Crippen molar-refractivity contribution in [1.29, 1.82) is 5.26 Å². The second-order valence-corrected chi connectivity index (χ2v) is 4.55. The first-order valence-corrected chi connectivity index (χ1v) is 6.52. The summed E-state index contributed by atoms with van der Waals surface area (Å²) in [4.78, 5) is 11.8. The molecular formula is C16H14FN3O2. The van der Waals surface area contributed by atoms with Crippen molar-refractivity contribution in [3.05, 3.63) is 53.8 Å². The second kappa shape index (κ2) is 7.09. The van der Waals surface area contributed by atoms with Gasteiger partial charge < -0.3 is 15.8 Å². The largest absolute Gasteiger partial charge is 0.484 e. The number of halogens is 1. The van der Waals surface area contributed by atoms with E-state index < -0.39 is 11.7 Å². The van der Waals surface area contributed by atoms with Gasteiger partial charge in [0.25, 0.3) is 5.91 Å². The van der Waals surface area contributed by atoms with Gasteiger partial charge >= 0.3 is 0 Å². The average molecular weight is 299 g/mol. The summed E-state index contributed by atoms with van der Waals surface area (Å²) < 4.78 is 18.2. The van der Waals surface area contributed by atoms with E-state index in [1.54, 1.807) is 24.3 Å². The molecule has 0 unspecified atom stereocenters. The van der Waals surface area contributed by atoms with Crippen molar-refractivity contribution in [3.8, 4) is 11.8 Å². The maximum atomic E-state index is 12.9. The van der Waals surface area contributed by atoms with Crippen LogP contribution in [-0.2, 0) is 11.2 Å². The quantitative estimate of drug-likeness (QED) is 0.830. The maximum Gasteiger partial charge on any atom is 0.262 e. The highest BCUT2D eigenvalue weighted by Gasteiger charge is 2.07. The summed E-state index contributed by atoms with van der Waals surface area (Å²) in [5.41, 5.74) is 6.95. The highest BCUT2D eigenvalue weighted by atomic mass is 19.1. The molecule has 112 valence electrons. The molecule has 0 aliphatic rings. The van der Waals surface area contributed by atoms with Gasteiger partial charge in [0.15, 0.2) is 6.61 Å². The number of rotatable bonds is 5. The molecule has 0 radical (unpaired) electrons. The number of nitrogens with zero attached hydrogens (tertiary/aromatic N) is 1. The molecule has 1 amide bonds. The third-order valence-electron chi connectivity index (χ3n) is 2.86. The van der Waals surface area contributed by atoms with E-state index in [2.05, 4.69) is 5.32 Å². The smallest absolute Gasteiger partial charge is 0.262 e. The number of nitrogen functional groups attached to an aromatic ring is 1. The molecule has 6 heteroatoms. The summed E-state index contributed by atoms with van der Waals surface area (Å²) >= 11 is 0. The van der Waals surface area contributed by atoms with Crippen LogP contribution in [0.15, 0.2) is 42.5 Å². The summed E-state index contributed by atoms with van der Waals surface area (Å²) in [5.74, 6) is -0.354. The van der Waals surface area contributed by atoms with Gasteiger partial charge in [-0.15, -0.1) is 0 Å². The SMILES string of the molecule is N#CCc1ccc(OCC(=O)Nc2ccc(F)cc2N)cc1. The van der Waals surface area contributed by atoms with E-state index in [9.17, 15) is 9.18 Å². The molecule has 0 spiro atoms. The molecule has 0 fully saturated rings. The topological polar surface area (TPSA) is 88.1 Å². The van der Waals surface area contributed by atoms with Crippen molar-refractivity contribution >= 4 is 17.3 Å². The van der Waals surface area contributed by atoms with Gasteiger partial charge in [0.2, 0.25) is 0 Å². The second-order valence-electron chi connectivity index (χ2n) is 4.55. The molecule has 0 saturated heterocycles. The van der Waals surface area contributed by atoms with Crippen molar-refractivity contribution < 1.29 is 13.9 Å². The third-order valence-corrected chi connectivity index (χ3v) is 2.86. The lowest BCUT2D eigenvalue weighted by molar-refractivity contribution is -0.118. The Labute approximate surface area is 127 Å². The van der Waals surface area contributed by atoms with E-state index in [1.165, 1.54) is 12.1 Å². The van der Waals surface area contributed by atoms with Gasteiger partial charge in [0.05, 0.1) is 23.9 Å². The average Bonchev–Trinajstić information content (AvgIpc) is 2.50. The fourth-order valence-electron chi connectivity index (χ4n) is 1.78. The lowest BCUT2D eigenvalue weighted by Crippen LogP contribution is -2.20. The summed E-state index contributed by atoms with van der Waals surface area (Å²) in [5, 5.41) is 11.1. The lowest BCUT2D eigenvalue weighted by Gasteiger charge is -2.09. The maximum absolute atomic E-state index is 12.9. The monoisotopic (exact) mass is 299 g/mol. The number of hydrogen-bond acceptors (Lipinski definition) is 4. The van der Waals surface area contributed by atoms with Gasteiger partial charge in [0.1, 0.15) is 11.6 Å². The predicted molar refractivity (Wildman–Crippen MR) is 80.7 cm³/mol. The molecule has 0 atom stereocenters. The fourth-order valence-corrected chi connectivity index (χ4v) is 1.78. The molecule has 0 heterocycles. The molecule has 2 aromatic rings. The number of hydrogen-bond donors (Lipinski definition) is 2. The number of amides is 1. The van der Waals surface area contributed by atoms with Crippen LogP contribution in [0.3, 0.4) is 0 Å². The van der Waals surface area contributed by atoms with E-state index in [4.69, 9.17) is 15.7 Å². The molecule has 0 aliphatic heterocycles. The van der Waals surface area contributed by atoms with E-state index in [0.717, 1.165) is 11.6 Å². The Morgan fingerprint density at radius 2 is 2.00 bits per heavy atom. The Hall–Kier alpha value is -3.07. The van der Waals surface area contributed by atoms with Crippen LogP contribution in [0, 0.1) is 17.1 Å². The number of nitrogens with one attached hydrogen (secondary N) is 1. The van der Waals surface area contributed by atoms with E-state index in [-0.39, 0.29) is 12.3 Å². The van der Waals surface area contributed by atoms with Gasteiger partial charge in [-0.3, -0.25) is 4.79 Å². The predicted octanol–water partition coefficient (Wildman–Crippen LogP) is 2.49. The summed E-state index contributed by atoms with van der Waals surface area (Å²) in [7, 11) is 0. The number of carbonyl (C=O) groups excluding carboxylic acids is 1. The standard InChI is InChI=1S/C16H14FN3O2/c17-12-3-6-15(14(19)9-12)20-16(21)10-22-13-4-1-11(2-5-13)7-8-18/h1-6,9H,7,10,19H2,(H,20,21). The number of carbonyl (C=O) groups is 1. The fraction of sp³-hybridized carbons (Fsp3) is 0.125. The molecule has 0 saturated carbocycles. The molecule has 0 bridgehead atoms. The minimum absolute atomic E-state index is 0.147. The Balaban J connectivity index is 1.88. The minimum atomic E-state index is -0.468. The Morgan fingerprint density at radius 3 is 2.64 bits per heavy atom. The first-order valence-electron chi connectivity index (χ1n) is 6.52. The highest BCUT2D eigenvalue weighted by Crippen LogP contribution is 2.19. The van der Waals surface area contributed by atoms with Crippen LogP contribution in [0.1, 0.15) is 5.56 Å². The molecule has 5 nitrogen and oxygen atoms in total. The van der Waals surface area contributed by atoms with Crippen molar-refractivity contribution in [3.63, 3.8) is 0 Å². The normalized spacial score (nSPS) is 9.82. The van der Waals surface area contributed by atoms with Gasteiger partial charge in [-0.1, -0.05) is 12.1 Å². The highest BCUT2D eigenvalue weighted by molar-refractivity contribution is 5.94. The first-order chi connectivity index (χ1) is 10.6. The van der Waals surface area contributed by atoms with Crippen molar-refractivity contribution in [1.82, 2.24) is 0 Å². The Bertz CT molecular complexity index is 708. The van der Waals surface area contributed by atoms with Gasteiger partial charge in [-0.2, -0.15) is 5.26 Å². The third kappa shape index (κ3) is 4.21. The van der Waals surface area contributed by atoms with Crippen LogP contribution in [-0.4, -0.2) is 12.5 Å². The first kappa shape index (κ1) is 15.3. The number of ether oxygens (including phenoxy) is 1. The summed E-state index contributed by atoms with van der Waals surface area (Å²) in [6.45, 7) is -0.200. The molecule has 3 N–H and O–H groups in total. The molecule has 2 aromatic carbocycles. The zero-order chi connectivity index (χ0) is 15.9. The van der Waals surface area contributed by atoms with E-state index in [0.29, 0.717) is 17.9 Å². The number of anilines is 2. The summed E-state index contributed by atoms with van der Waals surface area (Å²) in [6.07, 6.45) is 0.324. The van der Waals surface area contributed by atoms with Crippen molar-refractivity contribution in [2.24, 2.45) is 0 Å².